The van der Waals surface area contributed by atoms with Crippen molar-refractivity contribution in [3.8, 4) is 0 Å². The van der Waals surface area contributed by atoms with Crippen LogP contribution in [0.1, 0.15) is 56.1 Å². The molecule has 0 radical (unpaired) electrons. The number of hydrogen-bond donors (Lipinski definition) is 0. The van der Waals surface area contributed by atoms with Gasteiger partial charge in [0.05, 0.1) is 19.3 Å². The van der Waals surface area contributed by atoms with E-state index in [0.29, 0.717) is 12.0 Å². The summed E-state index contributed by atoms with van der Waals surface area (Å²) < 4.78 is 6.52. The summed E-state index contributed by atoms with van der Waals surface area (Å²) in [4.78, 5) is 14.1. The molecule has 0 bridgehead atoms. The summed E-state index contributed by atoms with van der Waals surface area (Å²) in [7, 11) is 1.36. The number of rotatable bonds is 4. The lowest BCUT2D eigenvalue weighted by atomic mass is 9.79. The highest BCUT2D eigenvalue weighted by atomic mass is 16.5. The molecule has 1 aliphatic carbocycles. The zero-order valence-electron chi connectivity index (χ0n) is 14.9. The molecule has 6 heteroatoms. The standard InChI is InChI=1S/C18H28N4O2/c1-13-5-4-6-14(2)16(13)11-21-9-7-15(8-10-21)22-12-17(19-20-22)18(23)24-3/h5,12,14-16H,4,6-11H2,1-3H3/t14-,16+/m0/s1. The van der Waals surface area contributed by atoms with E-state index >= 15 is 0 Å². The lowest BCUT2D eigenvalue weighted by Gasteiger charge is -2.37. The molecule has 0 aromatic carbocycles. The number of methoxy groups -OCH3 is 1. The molecular weight excluding hydrogens is 304 g/mol. The molecule has 1 aromatic heterocycles. The predicted molar refractivity (Wildman–Crippen MR) is 91.7 cm³/mol. The van der Waals surface area contributed by atoms with Crippen molar-refractivity contribution in [1.29, 1.82) is 0 Å². The molecule has 1 aromatic rings. The Balaban J connectivity index is 1.54. The van der Waals surface area contributed by atoms with Crippen molar-refractivity contribution in [3.05, 3.63) is 23.5 Å². The molecule has 0 spiro atoms. The molecule has 2 heterocycles. The Morgan fingerprint density at radius 3 is 2.75 bits per heavy atom. The van der Waals surface area contributed by atoms with Crippen LogP contribution < -0.4 is 0 Å². The summed E-state index contributed by atoms with van der Waals surface area (Å²) in [5, 5.41) is 8.02. The first-order valence-corrected chi connectivity index (χ1v) is 8.97. The minimum atomic E-state index is -0.424. The van der Waals surface area contributed by atoms with Crippen LogP contribution >= 0.6 is 0 Å². The normalized spacial score (nSPS) is 26.2. The van der Waals surface area contributed by atoms with Gasteiger partial charge in [0, 0.05) is 19.6 Å². The second kappa shape index (κ2) is 7.47. The summed E-state index contributed by atoms with van der Waals surface area (Å²) in [6.07, 6.45) is 8.78. The second-order valence-corrected chi connectivity index (χ2v) is 7.22. The van der Waals surface area contributed by atoms with Gasteiger partial charge in [0.25, 0.3) is 0 Å². The van der Waals surface area contributed by atoms with Crippen LogP contribution in [0.4, 0.5) is 0 Å². The number of carbonyl (C=O) groups is 1. The summed E-state index contributed by atoms with van der Waals surface area (Å²) in [6.45, 7) is 8.00. The van der Waals surface area contributed by atoms with Crippen LogP contribution in [0, 0.1) is 11.8 Å². The van der Waals surface area contributed by atoms with Crippen LogP contribution in [0.25, 0.3) is 0 Å². The van der Waals surface area contributed by atoms with E-state index in [1.807, 2.05) is 4.68 Å². The second-order valence-electron chi connectivity index (χ2n) is 7.22. The van der Waals surface area contributed by atoms with E-state index in [1.54, 1.807) is 11.8 Å². The fraction of sp³-hybridized carbons (Fsp3) is 0.722. The first-order valence-electron chi connectivity index (χ1n) is 8.97. The van der Waals surface area contributed by atoms with Crippen molar-refractivity contribution in [2.24, 2.45) is 11.8 Å². The summed E-state index contributed by atoms with van der Waals surface area (Å²) in [5.74, 6) is 1.06. The largest absolute Gasteiger partial charge is 0.464 e. The topological polar surface area (TPSA) is 60.2 Å². The molecule has 24 heavy (non-hydrogen) atoms. The molecule has 1 fully saturated rings. The predicted octanol–water partition coefficient (Wildman–Crippen LogP) is 2.69. The van der Waals surface area contributed by atoms with E-state index < -0.39 is 5.97 Å². The molecule has 0 N–H and O–H groups in total. The Labute approximate surface area is 143 Å². The summed E-state index contributed by atoms with van der Waals surface area (Å²) in [6, 6.07) is 0.326. The zero-order valence-corrected chi connectivity index (χ0v) is 14.9. The van der Waals surface area contributed by atoms with Gasteiger partial charge in [-0.2, -0.15) is 0 Å². The Morgan fingerprint density at radius 1 is 1.33 bits per heavy atom. The smallest absolute Gasteiger partial charge is 0.360 e. The van der Waals surface area contributed by atoms with Gasteiger partial charge in [-0.05, 0) is 44.4 Å². The third-order valence-corrected chi connectivity index (χ3v) is 5.65. The molecule has 3 rings (SSSR count). The van der Waals surface area contributed by atoms with E-state index in [9.17, 15) is 4.79 Å². The van der Waals surface area contributed by atoms with Crippen molar-refractivity contribution >= 4 is 5.97 Å². The van der Waals surface area contributed by atoms with E-state index in [2.05, 4.69) is 35.1 Å². The zero-order chi connectivity index (χ0) is 17.1. The Kier molecular flexibility index (Phi) is 5.33. The number of hydrogen-bond acceptors (Lipinski definition) is 5. The first-order chi connectivity index (χ1) is 11.6. The van der Waals surface area contributed by atoms with E-state index in [-0.39, 0.29) is 5.69 Å². The molecule has 0 unspecified atom stereocenters. The maximum atomic E-state index is 11.5. The van der Waals surface area contributed by atoms with Gasteiger partial charge >= 0.3 is 5.97 Å². The Hall–Kier alpha value is -1.69. The maximum absolute atomic E-state index is 11.5. The van der Waals surface area contributed by atoms with Gasteiger partial charge in [0.1, 0.15) is 0 Å². The van der Waals surface area contributed by atoms with Crippen molar-refractivity contribution in [1.82, 2.24) is 19.9 Å². The van der Waals surface area contributed by atoms with Crippen molar-refractivity contribution in [2.75, 3.05) is 26.7 Å². The number of likely N-dealkylation sites (tertiary alicyclic amines) is 1. The Morgan fingerprint density at radius 2 is 2.08 bits per heavy atom. The third kappa shape index (κ3) is 3.69. The van der Waals surface area contributed by atoms with Gasteiger partial charge in [-0.3, -0.25) is 0 Å². The molecule has 2 atom stereocenters. The Bertz CT molecular complexity index is 602. The highest BCUT2D eigenvalue weighted by Crippen LogP contribution is 2.32. The van der Waals surface area contributed by atoms with E-state index in [4.69, 9.17) is 4.74 Å². The quantitative estimate of drug-likeness (QED) is 0.627. The van der Waals surface area contributed by atoms with Gasteiger partial charge < -0.3 is 9.64 Å². The van der Waals surface area contributed by atoms with Gasteiger partial charge in [0.2, 0.25) is 0 Å². The molecular formula is C18H28N4O2. The van der Waals surface area contributed by atoms with Gasteiger partial charge in [-0.15, -0.1) is 5.10 Å². The lowest BCUT2D eigenvalue weighted by molar-refractivity contribution is 0.0594. The molecule has 0 amide bonds. The van der Waals surface area contributed by atoms with Crippen LogP contribution in [0.3, 0.4) is 0 Å². The minimum absolute atomic E-state index is 0.289. The SMILES string of the molecule is COC(=O)c1cn(C2CCN(C[C@@H]3C(C)=CCC[C@@H]3C)CC2)nn1. The van der Waals surface area contributed by atoms with Crippen LogP contribution in [0.5, 0.6) is 0 Å². The molecule has 132 valence electrons. The average Bonchev–Trinajstić information content (AvgIpc) is 3.08. The molecule has 2 aliphatic rings. The lowest BCUT2D eigenvalue weighted by Crippen LogP contribution is -2.40. The van der Waals surface area contributed by atoms with Crippen molar-refractivity contribution in [2.45, 2.75) is 45.6 Å². The monoisotopic (exact) mass is 332 g/mol. The number of allylic oxidation sites excluding steroid dienone is 1. The number of esters is 1. The van der Waals surface area contributed by atoms with Crippen LogP contribution in [0.15, 0.2) is 17.8 Å². The first kappa shape index (κ1) is 17.1. The average molecular weight is 332 g/mol. The van der Waals surface area contributed by atoms with E-state index in [1.165, 1.54) is 26.5 Å². The highest BCUT2D eigenvalue weighted by molar-refractivity contribution is 5.86. The molecule has 1 aliphatic heterocycles. The number of ether oxygens (including phenoxy) is 1. The number of carbonyl (C=O) groups excluding carboxylic acids is 1. The van der Waals surface area contributed by atoms with Crippen molar-refractivity contribution < 1.29 is 9.53 Å². The fourth-order valence-corrected chi connectivity index (χ4v) is 4.00. The van der Waals surface area contributed by atoms with Gasteiger partial charge in [-0.25, -0.2) is 9.48 Å². The number of nitrogens with zero attached hydrogens (tertiary/aromatic N) is 4. The fourth-order valence-electron chi connectivity index (χ4n) is 4.00. The maximum Gasteiger partial charge on any atom is 0.360 e. The highest BCUT2D eigenvalue weighted by Gasteiger charge is 2.28. The minimum Gasteiger partial charge on any atom is -0.464 e. The summed E-state index contributed by atoms with van der Waals surface area (Å²) in [5.41, 5.74) is 1.85. The van der Waals surface area contributed by atoms with Gasteiger partial charge in [0.15, 0.2) is 5.69 Å². The van der Waals surface area contributed by atoms with Gasteiger partial charge in [-0.1, -0.05) is 23.8 Å². The van der Waals surface area contributed by atoms with Crippen LogP contribution in [-0.2, 0) is 4.74 Å². The summed E-state index contributed by atoms with van der Waals surface area (Å²) >= 11 is 0. The van der Waals surface area contributed by atoms with Crippen LogP contribution in [0.2, 0.25) is 0 Å². The van der Waals surface area contributed by atoms with Crippen molar-refractivity contribution in [3.63, 3.8) is 0 Å². The molecule has 0 saturated carbocycles. The molecule has 1 saturated heterocycles. The van der Waals surface area contributed by atoms with E-state index in [0.717, 1.165) is 31.8 Å². The number of aromatic nitrogens is 3. The van der Waals surface area contributed by atoms with Crippen LogP contribution in [-0.4, -0.2) is 52.6 Å². The molecule has 6 nitrogen and oxygen atoms in total. The number of piperidine rings is 1. The third-order valence-electron chi connectivity index (χ3n) is 5.65.